The minimum absolute atomic E-state index is 0.0315. The Morgan fingerprint density at radius 3 is 2.56 bits per heavy atom. The number of nitrogens with one attached hydrogen (secondary N) is 1. The smallest absolute Gasteiger partial charge is 0.277 e. The van der Waals surface area contributed by atoms with Crippen LogP contribution in [0, 0.1) is 5.82 Å². The summed E-state index contributed by atoms with van der Waals surface area (Å²) in [6, 6.07) is 13.6. The Kier molecular flexibility index (Phi) is 6.77. The highest BCUT2D eigenvalue weighted by Gasteiger charge is 2.29. The van der Waals surface area contributed by atoms with E-state index in [9.17, 15) is 18.8 Å². The molecule has 174 valence electrons. The van der Waals surface area contributed by atoms with Gasteiger partial charge >= 0.3 is 0 Å². The molecule has 2 aromatic carbocycles. The number of benzene rings is 2. The molecular formula is C24H22FN5O4. The molecular weight excluding hydrogens is 441 g/mol. The topological polar surface area (TPSA) is 129 Å². The number of Topliss-reactive ketones (excluding diaryl/α,β-unsaturated/α-hetero) is 1. The summed E-state index contributed by atoms with van der Waals surface area (Å²) in [5, 5.41) is 2.69. The van der Waals surface area contributed by atoms with Crippen LogP contribution < -0.4 is 16.6 Å². The van der Waals surface area contributed by atoms with E-state index in [1.165, 1.54) is 30.5 Å². The van der Waals surface area contributed by atoms with E-state index in [-0.39, 0.29) is 23.8 Å². The number of hydrogen-bond donors (Lipinski definition) is 2. The highest BCUT2D eigenvalue weighted by molar-refractivity contribution is 6.38. The second kappa shape index (κ2) is 10.1. The number of aliphatic imine (C=N–C) groups is 1. The maximum Gasteiger partial charge on any atom is 0.277 e. The number of amides is 1. The van der Waals surface area contributed by atoms with Crippen molar-refractivity contribution in [2.45, 2.75) is 19.0 Å². The van der Waals surface area contributed by atoms with Crippen molar-refractivity contribution in [1.82, 2.24) is 14.9 Å². The third-order valence-corrected chi connectivity index (χ3v) is 5.21. The van der Waals surface area contributed by atoms with Gasteiger partial charge in [0, 0.05) is 12.0 Å². The lowest BCUT2D eigenvalue weighted by Crippen LogP contribution is -2.47. The van der Waals surface area contributed by atoms with Crippen LogP contribution in [0.2, 0.25) is 0 Å². The van der Waals surface area contributed by atoms with Gasteiger partial charge < -0.3 is 15.8 Å². The first-order valence-electron chi connectivity index (χ1n) is 10.6. The summed E-state index contributed by atoms with van der Waals surface area (Å²) in [5.41, 5.74) is 6.21. The van der Waals surface area contributed by atoms with Gasteiger partial charge in [-0.3, -0.25) is 19.0 Å². The maximum absolute atomic E-state index is 13.4. The predicted molar refractivity (Wildman–Crippen MR) is 124 cm³/mol. The van der Waals surface area contributed by atoms with Gasteiger partial charge in [0.2, 0.25) is 11.7 Å². The molecule has 0 fully saturated rings. The van der Waals surface area contributed by atoms with Crippen molar-refractivity contribution in [3.05, 3.63) is 82.5 Å². The van der Waals surface area contributed by atoms with Gasteiger partial charge in [-0.05, 0) is 29.8 Å². The number of halogens is 1. The van der Waals surface area contributed by atoms with Gasteiger partial charge in [0.15, 0.2) is 0 Å². The van der Waals surface area contributed by atoms with Gasteiger partial charge in [-0.1, -0.05) is 30.3 Å². The van der Waals surface area contributed by atoms with E-state index in [2.05, 4.69) is 15.3 Å². The largest absolute Gasteiger partial charge is 0.473 e. The zero-order chi connectivity index (χ0) is 24.1. The first-order chi connectivity index (χ1) is 16.4. The van der Waals surface area contributed by atoms with Crippen molar-refractivity contribution in [1.29, 1.82) is 0 Å². The molecule has 0 unspecified atom stereocenters. The number of carbonyl (C=O) groups is 2. The highest BCUT2D eigenvalue weighted by Crippen LogP contribution is 2.17. The number of aromatic nitrogens is 2. The summed E-state index contributed by atoms with van der Waals surface area (Å²) in [6.45, 7) is 0.229. The van der Waals surface area contributed by atoms with Crippen LogP contribution in [0.1, 0.15) is 5.56 Å². The van der Waals surface area contributed by atoms with Gasteiger partial charge in [0.1, 0.15) is 36.5 Å². The van der Waals surface area contributed by atoms with Gasteiger partial charge in [-0.25, -0.2) is 14.4 Å². The van der Waals surface area contributed by atoms with Gasteiger partial charge in [0.05, 0.1) is 12.7 Å². The predicted octanol–water partition coefficient (Wildman–Crippen LogP) is 1.36. The quantitative estimate of drug-likeness (QED) is 0.519. The van der Waals surface area contributed by atoms with Gasteiger partial charge in [-0.15, -0.1) is 0 Å². The first kappa shape index (κ1) is 22.8. The minimum Gasteiger partial charge on any atom is -0.473 e. The maximum atomic E-state index is 13.4. The standard InChI is InChI=1S/C24H22FN5O4/c25-17-8-6-16(7-9-17)22-28-13-18(26)24(33)30(22)14-20(31)29-19(12-15-4-2-1-3-5-15)21(32)23-27-10-11-34-23/h1-9,13,19H,10-12,14,26H2,(H,29,31)/t19-/m0/s1. The van der Waals surface area contributed by atoms with Crippen LogP contribution in [-0.4, -0.2) is 46.3 Å². The second-order valence-corrected chi connectivity index (χ2v) is 7.64. The number of nitrogens with zero attached hydrogens (tertiary/aromatic N) is 3. The van der Waals surface area contributed by atoms with Crippen molar-refractivity contribution >= 4 is 23.3 Å². The molecule has 4 rings (SSSR count). The molecule has 0 radical (unpaired) electrons. The fraction of sp³-hybridized carbons (Fsp3) is 0.208. The summed E-state index contributed by atoms with van der Waals surface area (Å²) in [4.78, 5) is 46.9. The fourth-order valence-corrected chi connectivity index (χ4v) is 3.56. The van der Waals surface area contributed by atoms with Crippen LogP contribution in [0.25, 0.3) is 11.4 Å². The van der Waals surface area contributed by atoms with E-state index in [1.807, 2.05) is 30.3 Å². The van der Waals surface area contributed by atoms with Crippen molar-refractivity contribution in [3.8, 4) is 11.4 Å². The van der Waals surface area contributed by atoms with Crippen LogP contribution in [0.15, 0.2) is 70.6 Å². The number of rotatable bonds is 8. The molecule has 0 bridgehead atoms. The third kappa shape index (κ3) is 5.17. The van der Waals surface area contributed by atoms with Crippen molar-refractivity contribution in [2.24, 2.45) is 4.99 Å². The van der Waals surface area contributed by atoms with E-state index in [4.69, 9.17) is 10.5 Å². The normalized spacial score (nSPS) is 13.6. The number of ketones is 1. The lowest BCUT2D eigenvalue weighted by atomic mass is 10.0. The molecule has 0 aliphatic carbocycles. The number of ether oxygens (including phenoxy) is 1. The molecule has 1 atom stereocenters. The van der Waals surface area contributed by atoms with Crippen LogP contribution in [-0.2, 0) is 27.3 Å². The lowest BCUT2D eigenvalue weighted by Gasteiger charge is -2.19. The zero-order valence-electron chi connectivity index (χ0n) is 18.1. The SMILES string of the molecule is Nc1cnc(-c2ccc(F)cc2)n(CC(=O)N[C@@H](Cc2ccccc2)C(=O)C2=NCCO2)c1=O. The van der Waals surface area contributed by atoms with Crippen molar-refractivity contribution in [3.63, 3.8) is 0 Å². The van der Waals surface area contributed by atoms with E-state index < -0.39 is 35.7 Å². The number of nitrogens with two attached hydrogens (primary N) is 1. The summed E-state index contributed by atoms with van der Waals surface area (Å²) < 4.78 is 19.7. The Balaban J connectivity index is 1.60. The molecule has 1 amide bonds. The Morgan fingerprint density at radius 2 is 1.88 bits per heavy atom. The van der Waals surface area contributed by atoms with Gasteiger partial charge in [-0.2, -0.15) is 0 Å². The lowest BCUT2D eigenvalue weighted by molar-refractivity contribution is -0.126. The summed E-state index contributed by atoms with van der Waals surface area (Å²) >= 11 is 0. The van der Waals surface area contributed by atoms with Crippen LogP contribution >= 0.6 is 0 Å². The van der Waals surface area contributed by atoms with E-state index in [0.717, 1.165) is 10.1 Å². The van der Waals surface area contributed by atoms with Crippen LogP contribution in [0.3, 0.4) is 0 Å². The Bertz CT molecular complexity index is 1290. The number of nitrogen functional groups attached to an aromatic ring is 1. The average Bonchev–Trinajstić information content (AvgIpc) is 3.38. The summed E-state index contributed by atoms with van der Waals surface area (Å²) in [5.74, 6) is -1.40. The molecule has 2 heterocycles. The number of anilines is 1. The second-order valence-electron chi connectivity index (χ2n) is 7.64. The molecule has 9 nitrogen and oxygen atoms in total. The number of hydrogen-bond acceptors (Lipinski definition) is 7. The fourth-order valence-electron chi connectivity index (χ4n) is 3.56. The Hall–Kier alpha value is -4.34. The van der Waals surface area contributed by atoms with Gasteiger partial charge in [0.25, 0.3) is 11.5 Å². The molecule has 3 aromatic rings. The molecule has 0 saturated carbocycles. The minimum atomic E-state index is -0.953. The Labute approximate surface area is 194 Å². The molecule has 0 saturated heterocycles. The van der Waals surface area contributed by atoms with Crippen LogP contribution in [0.5, 0.6) is 0 Å². The molecule has 3 N–H and O–H groups in total. The zero-order valence-corrected chi connectivity index (χ0v) is 18.1. The number of carbonyl (C=O) groups excluding carboxylic acids is 2. The van der Waals surface area contributed by atoms with Crippen LogP contribution in [0.4, 0.5) is 10.1 Å². The average molecular weight is 463 g/mol. The van der Waals surface area contributed by atoms with E-state index in [0.29, 0.717) is 18.7 Å². The molecule has 1 aliphatic heterocycles. The summed E-state index contributed by atoms with van der Waals surface area (Å²) in [7, 11) is 0. The third-order valence-electron chi connectivity index (χ3n) is 5.21. The molecule has 1 aliphatic rings. The van der Waals surface area contributed by atoms with E-state index >= 15 is 0 Å². The first-order valence-corrected chi connectivity index (χ1v) is 10.6. The molecule has 0 spiro atoms. The monoisotopic (exact) mass is 463 g/mol. The summed E-state index contributed by atoms with van der Waals surface area (Å²) in [6.07, 6.45) is 1.40. The highest BCUT2D eigenvalue weighted by atomic mass is 19.1. The Morgan fingerprint density at radius 1 is 1.15 bits per heavy atom. The molecule has 1 aromatic heterocycles. The van der Waals surface area contributed by atoms with Crippen molar-refractivity contribution < 1.29 is 18.7 Å². The van der Waals surface area contributed by atoms with E-state index in [1.54, 1.807) is 0 Å². The molecule has 34 heavy (non-hydrogen) atoms. The molecule has 10 heteroatoms. The van der Waals surface area contributed by atoms with Crippen molar-refractivity contribution in [2.75, 3.05) is 18.9 Å².